The predicted molar refractivity (Wildman–Crippen MR) is 116 cm³/mol. The van der Waals surface area contributed by atoms with E-state index in [0.717, 1.165) is 27.6 Å². The first-order chi connectivity index (χ1) is 14.3. The number of nitrogens with zero attached hydrogens (tertiary/aromatic N) is 1. The quantitative estimate of drug-likeness (QED) is 0.370. The van der Waals surface area contributed by atoms with Gasteiger partial charge < -0.3 is 4.74 Å². The van der Waals surface area contributed by atoms with Crippen LogP contribution in [-0.4, -0.2) is 12.1 Å². The van der Waals surface area contributed by atoms with Crippen LogP contribution in [0.1, 0.15) is 21.5 Å². The van der Waals surface area contributed by atoms with E-state index in [1.54, 1.807) is 12.3 Å². The summed E-state index contributed by atoms with van der Waals surface area (Å²) in [5, 5.41) is 6.18. The monoisotopic (exact) mass is 380 g/mol. The smallest absolute Gasteiger partial charge is 0.271 e. The number of carbonyl (C=O) groups is 1. The number of hydrazone groups is 1. The number of fused-ring (bicyclic) bond motifs is 1. The molecule has 1 N–H and O–H groups in total. The number of amides is 1. The molecule has 0 heterocycles. The SMILES string of the molecule is O=C(NN=Cc1ccc(OCc2ccccc2)cc1)c1ccc2ccccc2c1. The van der Waals surface area contributed by atoms with E-state index in [4.69, 9.17) is 4.74 Å². The van der Waals surface area contributed by atoms with Gasteiger partial charge in [-0.3, -0.25) is 4.79 Å². The largest absolute Gasteiger partial charge is 0.489 e. The summed E-state index contributed by atoms with van der Waals surface area (Å²) in [6.45, 7) is 0.524. The lowest BCUT2D eigenvalue weighted by Crippen LogP contribution is -2.17. The fraction of sp³-hybridized carbons (Fsp3) is 0.0400. The third kappa shape index (κ3) is 4.87. The molecule has 0 aliphatic carbocycles. The fourth-order valence-electron chi connectivity index (χ4n) is 2.95. The zero-order valence-corrected chi connectivity index (χ0v) is 15.8. The van der Waals surface area contributed by atoms with Crippen LogP contribution in [-0.2, 0) is 6.61 Å². The number of hydrogen-bond donors (Lipinski definition) is 1. The highest BCUT2D eigenvalue weighted by molar-refractivity contribution is 5.98. The molecule has 0 radical (unpaired) electrons. The molecule has 4 rings (SSSR count). The maximum Gasteiger partial charge on any atom is 0.271 e. The topological polar surface area (TPSA) is 50.7 Å². The van der Waals surface area contributed by atoms with Crippen molar-refractivity contribution in [3.05, 3.63) is 114 Å². The number of benzene rings is 4. The van der Waals surface area contributed by atoms with Gasteiger partial charge in [-0.15, -0.1) is 0 Å². The van der Waals surface area contributed by atoms with Crippen LogP contribution in [0, 0.1) is 0 Å². The molecular formula is C25H20N2O2. The Morgan fingerprint density at radius 2 is 1.55 bits per heavy atom. The van der Waals surface area contributed by atoms with Gasteiger partial charge in [-0.25, -0.2) is 5.43 Å². The number of rotatable bonds is 6. The lowest BCUT2D eigenvalue weighted by Gasteiger charge is -2.06. The van der Waals surface area contributed by atoms with E-state index in [-0.39, 0.29) is 5.91 Å². The molecule has 142 valence electrons. The minimum absolute atomic E-state index is 0.241. The highest BCUT2D eigenvalue weighted by atomic mass is 16.5. The van der Waals surface area contributed by atoms with Crippen LogP contribution in [0.2, 0.25) is 0 Å². The molecule has 1 amide bonds. The normalized spacial score (nSPS) is 10.9. The second-order valence-electron chi connectivity index (χ2n) is 6.60. The van der Waals surface area contributed by atoms with Crippen LogP contribution in [0.4, 0.5) is 0 Å². The van der Waals surface area contributed by atoms with E-state index in [0.29, 0.717) is 12.2 Å². The Labute approximate surface area is 169 Å². The van der Waals surface area contributed by atoms with Crippen LogP contribution < -0.4 is 10.2 Å². The summed E-state index contributed by atoms with van der Waals surface area (Å²) >= 11 is 0. The lowest BCUT2D eigenvalue weighted by molar-refractivity contribution is 0.0955. The Balaban J connectivity index is 1.33. The summed E-state index contributed by atoms with van der Waals surface area (Å²) in [6.07, 6.45) is 1.61. The van der Waals surface area contributed by atoms with Crippen molar-refractivity contribution in [2.45, 2.75) is 6.61 Å². The Morgan fingerprint density at radius 3 is 2.34 bits per heavy atom. The molecule has 0 aliphatic rings. The standard InChI is InChI=1S/C25H20N2O2/c28-25(23-13-12-21-8-4-5-9-22(21)16-23)27-26-17-19-10-14-24(15-11-19)29-18-20-6-2-1-3-7-20/h1-17H,18H2,(H,27,28). The molecule has 0 aliphatic heterocycles. The molecule has 4 aromatic rings. The Kier molecular flexibility index (Phi) is 5.63. The molecule has 0 saturated heterocycles. The molecule has 0 atom stereocenters. The van der Waals surface area contributed by atoms with E-state index >= 15 is 0 Å². The van der Waals surface area contributed by atoms with Gasteiger partial charge in [0.15, 0.2) is 0 Å². The summed E-state index contributed by atoms with van der Waals surface area (Å²) in [6, 6.07) is 31.1. The number of hydrogen-bond acceptors (Lipinski definition) is 3. The Hall–Kier alpha value is -3.92. The first-order valence-electron chi connectivity index (χ1n) is 9.37. The van der Waals surface area contributed by atoms with Gasteiger partial charge in [-0.2, -0.15) is 5.10 Å². The van der Waals surface area contributed by atoms with Crippen molar-refractivity contribution in [2.75, 3.05) is 0 Å². The highest BCUT2D eigenvalue weighted by Gasteiger charge is 2.05. The predicted octanol–water partition coefficient (Wildman–Crippen LogP) is 5.18. The van der Waals surface area contributed by atoms with Crippen LogP contribution >= 0.6 is 0 Å². The van der Waals surface area contributed by atoms with Crippen molar-refractivity contribution in [3.8, 4) is 5.75 Å². The second-order valence-corrected chi connectivity index (χ2v) is 6.60. The molecule has 0 unspecified atom stereocenters. The molecular weight excluding hydrogens is 360 g/mol. The zero-order valence-electron chi connectivity index (χ0n) is 15.8. The van der Waals surface area contributed by atoms with Gasteiger partial charge in [0.25, 0.3) is 5.91 Å². The van der Waals surface area contributed by atoms with Gasteiger partial charge in [-0.1, -0.05) is 60.7 Å². The first kappa shape index (κ1) is 18.4. The van der Waals surface area contributed by atoms with Crippen molar-refractivity contribution < 1.29 is 9.53 Å². The first-order valence-corrected chi connectivity index (χ1v) is 9.37. The molecule has 4 heteroatoms. The molecule has 0 aromatic heterocycles. The van der Waals surface area contributed by atoms with Gasteiger partial charge in [0.05, 0.1) is 6.21 Å². The van der Waals surface area contributed by atoms with E-state index in [9.17, 15) is 4.79 Å². The van der Waals surface area contributed by atoms with Gasteiger partial charge in [0.2, 0.25) is 0 Å². The molecule has 4 nitrogen and oxygen atoms in total. The molecule has 0 spiro atoms. The molecule has 0 bridgehead atoms. The summed E-state index contributed by atoms with van der Waals surface area (Å²) in [4.78, 5) is 12.3. The zero-order chi connectivity index (χ0) is 19.9. The van der Waals surface area contributed by atoms with Crippen molar-refractivity contribution in [3.63, 3.8) is 0 Å². The van der Waals surface area contributed by atoms with Crippen LogP contribution in [0.5, 0.6) is 5.75 Å². The highest BCUT2D eigenvalue weighted by Crippen LogP contribution is 2.16. The van der Waals surface area contributed by atoms with Crippen molar-refractivity contribution in [2.24, 2.45) is 5.10 Å². The number of carbonyl (C=O) groups excluding carboxylic acids is 1. The number of nitrogens with one attached hydrogen (secondary N) is 1. The maximum atomic E-state index is 12.3. The van der Waals surface area contributed by atoms with E-state index in [1.807, 2.05) is 91.0 Å². The van der Waals surface area contributed by atoms with Gasteiger partial charge >= 0.3 is 0 Å². The Bertz CT molecular complexity index is 1140. The van der Waals surface area contributed by atoms with Gasteiger partial charge in [0.1, 0.15) is 12.4 Å². The lowest BCUT2D eigenvalue weighted by atomic mass is 10.1. The van der Waals surface area contributed by atoms with Crippen molar-refractivity contribution in [1.82, 2.24) is 5.43 Å². The average molecular weight is 380 g/mol. The maximum absolute atomic E-state index is 12.3. The summed E-state index contributed by atoms with van der Waals surface area (Å²) in [5.41, 5.74) is 5.14. The molecule has 0 fully saturated rings. The molecule has 0 saturated carbocycles. The van der Waals surface area contributed by atoms with E-state index in [1.165, 1.54) is 0 Å². The fourth-order valence-corrected chi connectivity index (χ4v) is 2.95. The number of ether oxygens (including phenoxy) is 1. The van der Waals surface area contributed by atoms with E-state index in [2.05, 4.69) is 10.5 Å². The third-order valence-corrected chi connectivity index (χ3v) is 4.52. The minimum atomic E-state index is -0.241. The molecule has 29 heavy (non-hydrogen) atoms. The third-order valence-electron chi connectivity index (χ3n) is 4.52. The Morgan fingerprint density at radius 1 is 0.828 bits per heavy atom. The van der Waals surface area contributed by atoms with Gasteiger partial charge in [-0.05, 0) is 58.3 Å². The minimum Gasteiger partial charge on any atom is -0.489 e. The van der Waals surface area contributed by atoms with Gasteiger partial charge in [0, 0.05) is 5.56 Å². The molecule has 4 aromatic carbocycles. The average Bonchev–Trinajstić information content (AvgIpc) is 2.79. The summed E-state index contributed by atoms with van der Waals surface area (Å²) < 4.78 is 5.77. The summed E-state index contributed by atoms with van der Waals surface area (Å²) in [5.74, 6) is 0.543. The van der Waals surface area contributed by atoms with Crippen LogP contribution in [0.15, 0.2) is 102 Å². The van der Waals surface area contributed by atoms with Crippen LogP contribution in [0.3, 0.4) is 0 Å². The van der Waals surface area contributed by atoms with E-state index < -0.39 is 0 Å². The second kappa shape index (κ2) is 8.85. The van der Waals surface area contributed by atoms with Crippen LogP contribution in [0.25, 0.3) is 10.8 Å². The van der Waals surface area contributed by atoms with Crippen molar-refractivity contribution in [1.29, 1.82) is 0 Å². The summed E-state index contributed by atoms with van der Waals surface area (Å²) in [7, 11) is 0. The van der Waals surface area contributed by atoms with Crippen molar-refractivity contribution >= 4 is 22.9 Å².